The molecule has 0 N–H and O–H groups in total. The summed E-state index contributed by atoms with van der Waals surface area (Å²) in [4.78, 5) is 4.46. The highest BCUT2D eigenvalue weighted by Gasteiger charge is 2.13. The van der Waals surface area contributed by atoms with Crippen LogP contribution in [0.4, 0.5) is 34.1 Å². The molecule has 0 saturated carbocycles. The van der Waals surface area contributed by atoms with E-state index >= 15 is 0 Å². The van der Waals surface area contributed by atoms with E-state index in [4.69, 9.17) is 0 Å². The third-order valence-electron chi connectivity index (χ3n) is 10.1. The molecule has 0 saturated heterocycles. The number of rotatable bonds is 12. The van der Waals surface area contributed by atoms with Crippen LogP contribution in [0.15, 0.2) is 206 Å². The Labute approximate surface area is 352 Å². The summed E-state index contributed by atoms with van der Waals surface area (Å²) in [5.74, 6) is 0. The van der Waals surface area contributed by atoms with Crippen LogP contribution in [-0.2, 0) is 0 Å². The van der Waals surface area contributed by atoms with Crippen LogP contribution in [-0.4, -0.2) is 0 Å². The minimum Gasteiger partial charge on any atom is -0.311 e. The zero-order valence-corrected chi connectivity index (χ0v) is 32.9. The van der Waals surface area contributed by atoms with Gasteiger partial charge < -0.3 is 9.80 Å². The van der Waals surface area contributed by atoms with Crippen molar-refractivity contribution in [3.63, 3.8) is 0 Å². The molecule has 0 aliphatic carbocycles. The summed E-state index contributed by atoms with van der Waals surface area (Å²) in [5.41, 5.74) is 13.2. The Morgan fingerprint density at radius 3 is 0.850 bits per heavy atom. The zero-order chi connectivity index (χ0) is 40.9. The topological polar surface area (TPSA) is 54.1 Å². The van der Waals surface area contributed by atoms with Gasteiger partial charge in [-0.3, -0.25) is 0 Å². The second-order valence-electron chi connectivity index (χ2n) is 14.1. The Hall–Kier alpha value is -8.44. The lowest BCUT2D eigenvalue weighted by Crippen LogP contribution is -2.09. The Kier molecular flexibility index (Phi) is 12.0. The van der Waals surface area contributed by atoms with Crippen molar-refractivity contribution in [2.24, 2.45) is 0 Å². The number of benzene rings is 8. The van der Waals surface area contributed by atoms with Gasteiger partial charge in [0.15, 0.2) is 0 Å². The largest absolute Gasteiger partial charge is 0.311 e. The fourth-order valence-electron chi connectivity index (χ4n) is 7.08. The van der Waals surface area contributed by atoms with E-state index in [2.05, 4.69) is 119 Å². The fraction of sp³-hybridized carbons (Fsp3) is 0. The van der Waals surface area contributed by atoms with E-state index in [9.17, 15) is 10.5 Å². The van der Waals surface area contributed by atoms with Crippen LogP contribution < -0.4 is 9.80 Å². The molecule has 0 spiro atoms. The zero-order valence-electron chi connectivity index (χ0n) is 32.9. The van der Waals surface area contributed by atoms with Crippen LogP contribution >= 0.6 is 0 Å². The van der Waals surface area contributed by atoms with Gasteiger partial charge >= 0.3 is 0 Å². The first-order chi connectivity index (χ1) is 29.6. The van der Waals surface area contributed by atoms with Crippen molar-refractivity contribution in [3.05, 3.63) is 251 Å². The third-order valence-corrected chi connectivity index (χ3v) is 10.1. The van der Waals surface area contributed by atoms with E-state index in [-0.39, 0.29) is 0 Å². The number of nitriles is 2. The van der Waals surface area contributed by atoms with E-state index in [0.29, 0.717) is 11.1 Å². The molecule has 60 heavy (non-hydrogen) atoms. The van der Waals surface area contributed by atoms with Gasteiger partial charge in [-0.1, -0.05) is 158 Å². The molecule has 0 unspecified atom stereocenters. The van der Waals surface area contributed by atoms with Gasteiger partial charge in [-0.2, -0.15) is 10.5 Å². The van der Waals surface area contributed by atoms with Gasteiger partial charge in [0, 0.05) is 34.1 Å². The molecular weight excluding hydrogens is 729 g/mol. The molecular formula is C56H40N4. The summed E-state index contributed by atoms with van der Waals surface area (Å²) in [6.07, 6.45) is 12.0. The van der Waals surface area contributed by atoms with Crippen molar-refractivity contribution >= 4 is 70.6 Å². The SMILES string of the molecule is N#Cc1cc(/C=C/c2ccc(/C=C/c3ccc(N(c4ccccc4)c4ccccc4)cc3)c(C#N)c2)ccc1/C=C/c1ccc(N(c2ccccc2)c2ccccc2)cc1. The van der Waals surface area contributed by atoms with E-state index in [0.717, 1.165) is 67.5 Å². The Morgan fingerprint density at radius 2 is 0.550 bits per heavy atom. The molecule has 284 valence electrons. The first-order valence-corrected chi connectivity index (χ1v) is 19.8. The summed E-state index contributed by atoms with van der Waals surface area (Å²) in [6, 6.07) is 74.6. The lowest BCUT2D eigenvalue weighted by atomic mass is 10.0. The molecule has 4 heteroatoms. The minimum absolute atomic E-state index is 0.587. The highest BCUT2D eigenvalue weighted by molar-refractivity contribution is 5.81. The molecule has 0 aliphatic rings. The monoisotopic (exact) mass is 768 g/mol. The lowest BCUT2D eigenvalue weighted by Gasteiger charge is -2.25. The van der Waals surface area contributed by atoms with Gasteiger partial charge in [-0.05, 0) is 118 Å². The molecule has 0 heterocycles. The number of hydrogen-bond donors (Lipinski definition) is 0. The maximum atomic E-state index is 10.0. The molecule has 8 rings (SSSR count). The minimum atomic E-state index is 0.587. The predicted molar refractivity (Wildman–Crippen MR) is 251 cm³/mol. The fourth-order valence-corrected chi connectivity index (χ4v) is 7.08. The lowest BCUT2D eigenvalue weighted by molar-refractivity contribution is 1.28. The summed E-state index contributed by atoms with van der Waals surface area (Å²) < 4.78 is 0. The second-order valence-corrected chi connectivity index (χ2v) is 14.1. The predicted octanol–water partition coefficient (Wildman–Crippen LogP) is 14.9. The van der Waals surface area contributed by atoms with Gasteiger partial charge in [-0.15, -0.1) is 0 Å². The average Bonchev–Trinajstić information content (AvgIpc) is 3.32. The van der Waals surface area contributed by atoms with Crippen LogP contribution in [0.25, 0.3) is 36.5 Å². The molecule has 0 radical (unpaired) electrons. The quantitative estimate of drug-likeness (QED) is 0.116. The van der Waals surface area contributed by atoms with Gasteiger partial charge in [-0.25, -0.2) is 0 Å². The van der Waals surface area contributed by atoms with Crippen LogP contribution in [0.2, 0.25) is 0 Å². The van der Waals surface area contributed by atoms with Gasteiger partial charge in [0.2, 0.25) is 0 Å². The van der Waals surface area contributed by atoms with E-state index < -0.39 is 0 Å². The maximum absolute atomic E-state index is 10.0. The second kappa shape index (κ2) is 18.7. The van der Waals surface area contributed by atoms with Crippen LogP contribution in [0, 0.1) is 22.7 Å². The maximum Gasteiger partial charge on any atom is 0.0998 e. The van der Waals surface area contributed by atoms with E-state index in [1.54, 1.807) is 0 Å². The molecule has 8 aromatic carbocycles. The van der Waals surface area contributed by atoms with E-state index in [1.165, 1.54) is 0 Å². The third kappa shape index (κ3) is 9.22. The molecule has 0 atom stereocenters. The van der Waals surface area contributed by atoms with Gasteiger partial charge in [0.25, 0.3) is 0 Å². The summed E-state index contributed by atoms with van der Waals surface area (Å²) >= 11 is 0. The standard InChI is InChI=1S/C56H40N4/c57-41-49-39-45(25-33-47(49)31-23-43-27-35-55(36-28-43)59(51-13-5-1-6-14-51)52-15-7-2-8-16-52)21-22-46-26-34-48(50(40-46)42-58)32-24-44-29-37-56(38-30-44)60(53-17-9-3-10-18-53)54-19-11-4-12-20-54/h1-40H/b22-21+,31-23+,32-24+. The molecule has 0 bridgehead atoms. The molecule has 0 aliphatic heterocycles. The normalized spacial score (nSPS) is 11.1. The summed E-state index contributed by atoms with van der Waals surface area (Å²) in [7, 11) is 0. The Bertz CT molecular complexity index is 2570. The number of hydrogen-bond acceptors (Lipinski definition) is 4. The van der Waals surface area contributed by atoms with Gasteiger partial charge in [0.1, 0.15) is 0 Å². The Morgan fingerprint density at radius 1 is 0.283 bits per heavy atom. The van der Waals surface area contributed by atoms with Crippen LogP contribution in [0.1, 0.15) is 44.5 Å². The average molecular weight is 769 g/mol. The van der Waals surface area contributed by atoms with Crippen LogP contribution in [0.3, 0.4) is 0 Å². The van der Waals surface area contributed by atoms with Crippen molar-refractivity contribution in [2.75, 3.05) is 9.80 Å². The van der Waals surface area contributed by atoms with Crippen molar-refractivity contribution in [3.8, 4) is 12.1 Å². The number of anilines is 6. The van der Waals surface area contributed by atoms with E-state index in [1.807, 2.05) is 146 Å². The molecule has 0 amide bonds. The summed E-state index contributed by atoms with van der Waals surface area (Å²) in [6.45, 7) is 0. The smallest absolute Gasteiger partial charge is 0.0998 e. The van der Waals surface area contributed by atoms with Crippen molar-refractivity contribution < 1.29 is 0 Å². The summed E-state index contributed by atoms with van der Waals surface area (Å²) in [5, 5.41) is 20.1. The first kappa shape index (κ1) is 38.4. The highest BCUT2D eigenvalue weighted by Crippen LogP contribution is 2.36. The van der Waals surface area contributed by atoms with Crippen LogP contribution in [0.5, 0.6) is 0 Å². The number of para-hydroxylation sites is 4. The molecule has 0 aromatic heterocycles. The number of nitrogens with zero attached hydrogens (tertiary/aromatic N) is 4. The van der Waals surface area contributed by atoms with Crippen molar-refractivity contribution in [2.45, 2.75) is 0 Å². The first-order valence-electron chi connectivity index (χ1n) is 19.8. The van der Waals surface area contributed by atoms with Crippen molar-refractivity contribution in [1.82, 2.24) is 0 Å². The molecule has 0 fully saturated rings. The van der Waals surface area contributed by atoms with Crippen molar-refractivity contribution in [1.29, 1.82) is 10.5 Å². The Balaban J connectivity index is 0.935. The highest BCUT2D eigenvalue weighted by atomic mass is 15.1. The molecule has 4 nitrogen and oxygen atoms in total. The van der Waals surface area contributed by atoms with Gasteiger partial charge in [0.05, 0.1) is 23.3 Å². The molecule has 8 aromatic rings.